The van der Waals surface area contributed by atoms with Crippen LogP contribution < -0.4 is 11.5 Å². The van der Waals surface area contributed by atoms with Gasteiger partial charge in [0, 0.05) is 24.6 Å². The normalized spacial score (nSPS) is 24.0. The molecule has 0 bridgehead atoms. The van der Waals surface area contributed by atoms with E-state index in [2.05, 4.69) is 4.74 Å². The summed E-state index contributed by atoms with van der Waals surface area (Å²) in [7, 11) is 1.39. The summed E-state index contributed by atoms with van der Waals surface area (Å²) in [4.78, 5) is 49.9. The van der Waals surface area contributed by atoms with Crippen LogP contribution in [0.4, 0.5) is 0 Å². The van der Waals surface area contributed by atoms with Crippen LogP contribution in [0.2, 0.25) is 0 Å². The number of carbonyl (C=O) groups is 5. The van der Waals surface area contributed by atoms with Gasteiger partial charge in [-0.3, -0.25) is 4.79 Å². The van der Waals surface area contributed by atoms with Crippen molar-refractivity contribution in [2.45, 2.75) is 49.3 Å². The Bertz CT molecular complexity index is 774. The molecule has 0 amide bonds. The molecule has 0 saturated heterocycles. The van der Waals surface area contributed by atoms with Gasteiger partial charge in [0.1, 0.15) is 0 Å². The predicted molar refractivity (Wildman–Crippen MR) is 124 cm³/mol. The molecule has 0 heterocycles. The Labute approximate surface area is 215 Å². The third-order valence-corrected chi connectivity index (χ3v) is 4.67. The molecule has 0 aromatic carbocycles. The molecule has 38 heavy (non-hydrogen) atoms. The van der Waals surface area contributed by atoms with Gasteiger partial charge < -0.3 is 62.2 Å². The molecule has 0 aromatic rings. The first-order valence-electron chi connectivity index (χ1n) is 10.7. The minimum Gasteiger partial charge on any atom is -0.479 e. The van der Waals surface area contributed by atoms with Gasteiger partial charge in [0.15, 0.2) is 24.4 Å². The smallest absolute Gasteiger partial charge is 0.335 e. The fourth-order valence-electron chi connectivity index (χ4n) is 2.54. The molecule has 218 valence electrons. The number of hydrogen-bond acceptors (Lipinski definition) is 13. The summed E-state index contributed by atoms with van der Waals surface area (Å²) in [6.07, 6.45) is 0.0947. The van der Waals surface area contributed by atoms with Crippen molar-refractivity contribution < 1.29 is 74.7 Å². The van der Waals surface area contributed by atoms with Gasteiger partial charge >= 0.3 is 29.8 Å². The zero-order valence-corrected chi connectivity index (χ0v) is 20.2. The molecule has 0 spiro atoms. The van der Waals surface area contributed by atoms with Crippen LogP contribution in [-0.4, -0.2) is 126 Å². The van der Waals surface area contributed by atoms with Crippen LogP contribution >= 0.6 is 0 Å². The molecule has 13 N–H and O–H groups in total. The highest BCUT2D eigenvalue weighted by molar-refractivity contribution is 5.83. The van der Waals surface area contributed by atoms with Crippen molar-refractivity contribution in [3.63, 3.8) is 0 Å². The molecule has 0 radical (unpaired) electrons. The van der Waals surface area contributed by atoms with E-state index in [1.165, 1.54) is 7.11 Å². The third kappa shape index (κ3) is 15.0. The summed E-state index contributed by atoms with van der Waals surface area (Å²) in [5.41, 5.74) is 11.0. The maximum absolute atomic E-state index is 10.8. The summed E-state index contributed by atoms with van der Waals surface area (Å²) < 4.78 is 4.54. The lowest BCUT2D eigenvalue weighted by molar-refractivity contribution is -0.165. The number of methoxy groups -OCH3 is 1. The number of nitrogens with two attached hydrogens (primary N) is 2. The molecule has 17 nitrogen and oxygen atoms in total. The number of esters is 1. The monoisotopic (exact) mass is 554 g/mol. The van der Waals surface area contributed by atoms with Gasteiger partial charge in [-0.2, -0.15) is 0 Å². The van der Waals surface area contributed by atoms with E-state index in [-0.39, 0.29) is 30.6 Å². The van der Waals surface area contributed by atoms with Crippen LogP contribution in [0.3, 0.4) is 0 Å². The number of rotatable bonds is 8. The Kier molecular flexibility index (Phi) is 18.1. The predicted octanol–water partition coefficient (Wildman–Crippen LogP) is -4.30. The summed E-state index contributed by atoms with van der Waals surface area (Å²) in [6.45, 7) is 0.240. The minimum atomic E-state index is -2.27. The minimum absolute atomic E-state index is 0.0316. The van der Waals surface area contributed by atoms with E-state index in [1.807, 2.05) is 18.2 Å². The molecule has 2 aliphatic rings. The number of carboxylic acid groups (broad SMARTS) is 4. The molecule has 8 atom stereocenters. The van der Waals surface area contributed by atoms with Gasteiger partial charge in [-0.1, -0.05) is 24.3 Å². The van der Waals surface area contributed by atoms with Gasteiger partial charge in [0.2, 0.25) is 0 Å². The van der Waals surface area contributed by atoms with Crippen molar-refractivity contribution in [3.05, 3.63) is 24.3 Å². The Morgan fingerprint density at radius 3 is 1.24 bits per heavy atom. The van der Waals surface area contributed by atoms with E-state index < -0.39 is 48.3 Å². The number of hydrogen-bond donors (Lipinski definition) is 11. The zero-order chi connectivity index (χ0) is 30.2. The van der Waals surface area contributed by atoms with E-state index in [0.717, 1.165) is 6.42 Å². The largest absolute Gasteiger partial charge is 0.479 e. The highest BCUT2D eigenvalue weighted by atomic mass is 16.5. The number of aliphatic hydroxyl groups is 5. The number of carboxylic acids is 4. The van der Waals surface area contributed by atoms with Crippen molar-refractivity contribution >= 4 is 29.8 Å². The highest BCUT2D eigenvalue weighted by Gasteiger charge is 2.30. The van der Waals surface area contributed by atoms with Gasteiger partial charge in [0.05, 0.1) is 13.0 Å². The third-order valence-electron chi connectivity index (χ3n) is 4.67. The molecule has 0 aromatic heterocycles. The Hall–Kier alpha value is -3.45. The van der Waals surface area contributed by atoms with Crippen LogP contribution in [0.1, 0.15) is 12.8 Å². The van der Waals surface area contributed by atoms with Crippen molar-refractivity contribution in [1.82, 2.24) is 0 Å². The van der Waals surface area contributed by atoms with Crippen LogP contribution in [0.15, 0.2) is 24.3 Å². The van der Waals surface area contributed by atoms with Crippen LogP contribution in [0.5, 0.6) is 0 Å². The number of aliphatic hydroxyl groups excluding tert-OH is 5. The molecule has 17 heteroatoms. The molecule has 0 unspecified atom stereocenters. The number of carbonyl (C=O) groups excluding carboxylic acids is 1. The second-order valence-electron chi connectivity index (χ2n) is 7.77. The van der Waals surface area contributed by atoms with Gasteiger partial charge in [-0.25, -0.2) is 19.2 Å². The quantitative estimate of drug-likeness (QED) is 0.0997. The number of aliphatic carboxylic acids is 4. The van der Waals surface area contributed by atoms with Gasteiger partial charge in [-0.15, -0.1) is 0 Å². The SMILES string of the molecule is COC(=O)[C@@H]1C=C[C@H](N)C1.N[C@H]1C=C[C@@H](CO)C1.O=C(O)[C@@H](O)[C@H](O)C(=O)O.O=C(O)[C@H](O)[C@@H](O)C(=O)O. The van der Waals surface area contributed by atoms with E-state index >= 15 is 0 Å². The summed E-state index contributed by atoms with van der Waals surface area (Å²) in [5.74, 6) is -7.05. The molecule has 2 aliphatic carbocycles. The average molecular weight is 555 g/mol. The van der Waals surface area contributed by atoms with Crippen LogP contribution in [-0.2, 0) is 28.7 Å². The first-order valence-corrected chi connectivity index (χ1v) is 10.7. The molecular formula is C21H34N2O15. The van der Waals surface area contributed by atoms with E-state index in [0.29, 0.717) is 12.3 Å². The maximum Gasteiger partial charge on any atom is 0.335 e. The maximum atomic E-state index is 10.8. The fourth-order valence-corrected chi connectivity index (χ4v) is 2.54. The lowest BCUT2D eigenvalue weighted by Gasteiger charge is -2.07. The van der Waals surface area contributed by atoms with Gasteiger partial charge in [-0.05, 0) is 12.8 Å². The second-order valence-corrected chi connectivity index (χ2v) is 7.77. The summed E-state index contributed by atoms with van der Waals surface area (Å²) in [5, 5.41) is 73.6. The fraction of sp³-hybridized carbons (Fsp3) is 0.571. The Balaban J connectivity index is 0. The summed E-state index contributed by atoms with van der Waals surface area (Å²) in [6, 6.07) is 0.219. The number of ether oxygens (including phenoxy) is 1. The van der Waals surface area contributed by atoms with Crippen LogP contribution in [0.25, 0.3) is 0 Å². The standard InChI is InChI=1S/C7H11NO2.C6H11NO.2C4H6O6/c1-10-7(9)5-2-3-6(8)4-5;7-6-2-1-5(3-6)4-8;2*5-1(3(7)8)2(6)4(9)10/h2-3,5-6H,4,8H2,1H3;1-2,5-6,8H,3-4,7H2;2*1-2,5-6H,(H,7,8)(H,9,10)/t2*5-,6+;2*1-,2-/m1110/s1. The molecular weight excluding hydrogens is 520 g/mol. The zero-order valence-electron chi connectivity index (χ0n) is 20.2. The first-order chi connectivity index (χ1) is 17.5. The van der Waals surface area contributed by atoms with Crippen molar-refractivity contribution in [2.75, 3.05) is 13.7 Å². The van der Waals surface area contributed by atoms with E-state index in [4.69, 9.17) is 57.4 Å². The Morgan fingerprint density at radius 2 is 1.05 bits per heavy atom. The highest BCUT2D eigenvalue weighted by Crippen LogP contribution is 2.17. The molecule has 0 aliphatic heterocycles. The van der Waals surface area contributed by atoms with Crippen molar-refractivity contribution in [1.29, 1.82) is 0 Å². The van der Waals surface area contributed by atoms with Crippen molar-refractivity contribution in [3.8, 4) is 0 Å². The second kappa shape index (κ2) is 18.7. The van der Waals surface area contributed by atoms with Crippen LogP contribution in [0, 0.1) is 11.8 Å². The van der Waals surface area contributed by atoms with E-state index in [9.17, 15) is 24.0 Å². The van der Waals surface area contributed by atoms with Gasteiger partial charge in [0.25, 0.3) is 0 Å². The molecule has 2 rings (SSSR count). The lowest BCUT2D eigenvalue weighted by atomic mass is 10.1. The van der Waals surface area contributed by atoms with Crippen molar-refractivity contribution in [2.24, 2.45) is 23.3 Å². The van der Waals surface area contributed by atoms with E-state index in [1.54, 1.807) is 6.08 Å². The first kappa shape index (κ1) is 36.7. The lowest BCUT2D eigenvalue weighted by Crippen LogP contribution is -2.39. The average Bonchev–Trinajstić information content (AvgIpc) is 3.50. The molecule has 0 fully saturated rings. The Morgan fingerprint density at radius 1 is 0.711 bits per heavy atom. The topological polar surface area (TPSA) is 329 Å². The molecule has 0 saturated carbocycles. The summed E-state index contributed by atoms with van der Waals surface area (Å²) >= 11 is 0.